The summed E-state index contributed by atoms with van der Waals surface area (Å²) in [5.41, 5.74) is 2.75. The largest absolute Gasteiger partial charge is 0.393 e. The molecule has 5 heteroatoms. The molecule has 1 spiro atoms. The second kappa shape index (κ2) is 5.06. The van der Waals surface area contributed by atoms with Gasteiger partial charge in [-0.3, -0.25) is 4.79 Å². The molecular weight excluding hydrogens is 302 g/mol. The molecular formula is C19H23N3O2. The number of imidazole rings is 1. The van der Waals surface area contributed by atoms with E-state index in [1.807, 2.05) is 23.5 Å². The highest BCUT2D eigenvalue weighted by molar-refractivity contribution is 5.80. The van der Waals surface area contributed by atoms with E-state index in [4.69, 9.17) is 0 Å². The Morgan fingerprint density at radius 1 is 1.29 bits per heavy atom. The summed E-state index contributed by atoms with van der Waals surface area (Å²) in [5, 5.41) is 9.40. The van der Waals surface area contributed by atoms with Crippen molar-refractivity contribution < 1.29 is 9.90 Å². The Bertz CT molecular complexity index is 787. The predicted octanol–water partition coefficient (Wildman–Crippen LogP) is 2.20. The van der Waals surface area contributed by atoms with Crippen molar-refractivity contribution in [2.75, 3.05) is 13.1 Å². The maximum absolute atomic E-state index is 12.4. The normalized spacial score (nSPS) is 31.2. The lowest BCUT2D eigenvalue weighted by atomic mass is 9.74. The molecule has 2 aromatic heterocycles. The minimum absolute atomic E-state index is 0.0771. The highest BCUT2D eigenvalue weighted by Gasteiger charge is 2.51. The Kier molecular flexibility index (Phi) is 3.05. The molecule has 0 bridgehead atoms. The third-order valence-corrected chi connectivity index (χ3v) is 6.42. The van der Waals surface area contributed by atoms with Crippen LogP contribution in [0.3, 0.4) is 0 Å². The summed E-state index contributed by atoms with van der Waals surface area (Å²) in [6.07, 6.45) is 10.5. The zero-order valence-electron chi connectivity index (χ0n) is 13.8. The third-order valence-electron chi connectivity index (χ3n) is 6.42. The predicted molar refractivity (Wildman–Crippen MR) is 89.5 cm³/mol. The van der Waals surface area contributed by atoms with Gasteiger partial charge in [-0.05, 0) is 49.7 Å². The lowest BCUT2D eigenvalue weighted by Crippen LogP contribution is -2.60. The minimum atomic E-state index is -0.250. The van der Waals surface area contributed by atoms with Gasteiger partial charge in [0.05, 0.1) is 6.10 Å². The number of carbonyl (C=O) groups excluding carboxylic acids is 1. The number of pyridine rings is 1. The summed E-state index contributed by atoms with van der Waals surface area (Å²) in [5.74, 6) is 0.900. The van der Waals surface area contributed by atoms with Crippen LogP contribution in [0.5, 0.6) is 0 Å². The van der Waals surface area contributed by atoms with E-state index in [-0.39, 0.29) is 17.9 Å². The van der Waals surface area contributed by atoms with E-state index in [0.29, 0.717) is 24.2 Å². The van der Waals surface area contributed by atoms with Crippen LogP contribution in [0.2, 0.25) is 0 Å². The molecule has 5 nitrogen and oxygen atoms in total. The van der Waals surface area contributed by atoms with Crippen LogP contribution < -0.4 is 0 Å². The van der Waals surface area contributed by atoms with Crippen molar-refractivity contribution in [1.29, 1.82) is 0 Å². The lowest BCUT2D eigenvalue weighted by molar-refractivity contribution is -0.154. The first kappa shape index (κ1) is 14.5. The molecule has 0 aromatic carbocycles. The average Bonchev–Trinajstić information content (AvgIpc) is 3.16. The van der Waals surface area contributed by atoms with Crippen molar-refractivity contribution in [2.45, 2.75) is 44.1 Å². The number of aliphatic hydroxyl groups is 1. The number of carbonyl (C=O) groups is 1. The molecule has 3 heterocycles. The summed E-state index contributed by atoms with van der Waals surface area (Å²) in [6, 6.07) is 4.32. The first-order chi connectivity index (χ1) is 11.6. The SMILES string of the molecule is O=C(C1CC(O)C1)N1CC2(CCC(c3cccn4ccnc34)C2)C1. The van der Waals surface area contributed by atoms with Gasteiger partial charge in [-0.2, -0.15) is 0 Å². The second-order valence-corrected chi connectivity index (χ2v) is 8.08. The molecule has 2 aromatic rings. The molecule has 3 aliphatic rings. The van der Waals surface area contributed by atoms with Gasteiger partial charge in [0.2, 0.25) is 5.91 Å². The van der Waals surface area contributed by atoms with Gasteiger partial charge >= 0.3 is 0 Å². The molecule has 1 aliphatic heterocycles. The first-order valence-electron chi connectivity index (χ1n) is 9.02. The molecule has 126 valence electrons. The number of aromatic nitrogens is 2. The van der Waals surface area contributed by atoms with E-state index in [2.05, 4.69) is 21.5 Å². The van der Waals surface area contributed by atoms with Gasteiger partial charge in [0.25, 0.3) is 0 Å². The van der Waals surface area contributed by atoms with Crippen LogP contribution in [0, 0.1) is 11.3 Å². The standard InChI is InChI=1S/C19H23N3O2/c23-15-8-14(9-15)18(24)22-11-19(12-22)4-3-13(10-19)16-2-1-6-21-7-5-20-17(16)21/h1-2,5-7,13-15,23H,3-4,8-12H2. The Balaban J connectivity index is 1.27. The quantitative estimate of drug-likeness (QED) is 0.921. The summed E-state index contributed by atoms with van der Waals surface area (Å²) in [6.45, 7) is 1.82. The molecule has 1 amide bonds. The van der Waals surface area contributed by atoms with E-state index in [1.165, 1.54) is 18.4 Å². The molecule has 5 rings (SSSR count). The van der Waals surface area contributed by atoms with Gasteiger partial charge in [-0.15, -0.1) is 0 Å². The number of fused-ring (bicyclic) bond motifs is 1. The molecule has 3 fully saturated rings. The van der Waals surface area contributed by atoms with E-state index < -0.39 is 0 Å². The fraction of sp³-hybridized carbons (Fsp3) is 0.579. The zero-order chi connectivity index (χ0) is 16.3. The van der Waals surface area contributed by atoms with Crippen molar-refractivity contribution in [1.82, 2.24) is 14.3 Å². The van der Waals surface area contributed by atoms with Gasteiger partial charge in [-0.1, -0.05) is 6.07 Å². The number of hydrogen-bond donors (Lipinski definition) is 1. The third kappa shape index (κ3) is 2.10. The number of aliphatic hydroxyl groups excluding tert-OH is 1. The van der Waals surface area contributed by atoms with Gasteiger partial charge in [0.15, 0.2) is 0 Å². The topological polar surface area (TPSA) is 57.8 Å². The van der Waals surface area contributed by atoms with E-state index in [9.17, 15) is 9.90 Å². The number of amides is 1. The van der Waals surface area contributed by atoms with Gasteiger partial charge in [0, 0.05) is 43.0 Å². The van der Waals surface area contributed by atoms with Crippen LogP contribution in [0.25, 0.3) is 5.65 Å². The van der Waals surface area contributed by atoms with Crippen LogP contribution in [-0.4, -0.2) is 44.5 Å². The molecule has 1 atom stereocenters. The van der Waals surface area contributed by atoms with Crippen molar-refractivity contribution in [2.24, 2.45) is 11.3 Å². The Morgan fingerprint density at radius 3 is 2.92 bits per heavy atom. The summed E-state index contributed by atoms with van der Waals surface area (Å²) >= 11 is 0. The van der Waals surface area contributed by atoms with E-state index in [0.717, 1.165) is 25.2 Å². The minimum Gasteiger partial charge on any atom is -0.393 e. The van der Waals surface area contributed by atoms with Crippen molar-refractivity contribution in [3.05, 3.63) is 36.3 Å². The van der Waals surface area contributed by atoms with Gasteiger partial charge in [-0.25, -0.2) is 4.98 Å². The molecule has 0 radical (unpaired) electrons. The van der Waals surface area contributed by atoms with Crippen LogP contribution in [0.15, 0.2) is 30.7 Å². The molecule has 2 saturated carbocycles. The van der Waals surface area contributed by atoms with E-state index >= 15 is 0 Å². The summed E-state index contributed by atoms with van der Waals surface area (Å²) < 4.78 is 2.10. The van der Waals surface area contributed by atoms with Gasteiger partial charge in [0.1, 0.15) is 5.65 Å². The fourth-order valence-corrected chi connectivity index (χ4v) is 5.02. The zero-order valence-corrected chi connectivity index (χ0v) is 13.8. The molecule has 1 N–H and O–H groups in total. The first-order valence-corrected chi connectivity index (χ1v) is 9.02. The smallest absolute Gasteiger partial charge is 0.225 e. The maximum Gasteiger partial charge on any atom is 0.225 e. The molecule has 2 aliphatic carbocycles. The Morgan fingerprint density at radius 2 is 2.12 bits per heavy atom. The Labute approximate surface area is 141 Å². The van der Waals surface area contributed by atoms with Crippen LogP contribution in [-0.2, 0) is 4.79 Å². The highest BCUT2D eigenvalue weighted by atomic mass is 16.3. The van der Waals surface area contributed by atoms with Crippen LogP contribution >= 0.6 is 0 Å². The van der Waals surface area contributed by atoms with Crippen LogP contribution in [0.1, 0.15) is 43.6 Å². The molecule has 1 saturated heterocycles. The number of hydrogen-bond acceptors (Lipinski definition) is 3. The monoisotopic (exact) mass is 325 g/mol. The fourth-order valence-electron chi connectivity index (χ4n) is 5.02. The highest BCUT2D eigenvalue weighted by Crippen LogP contribution is 2.52. The van der Waals surface area contributed by atoms with E-state index in [1.54, 1.807) is 0 Å². The summed E-state index contributed by atoms with van der Waals surface area (Å²) in [4.78, 5) is 18.9. The van der Waals surface area contributed by atoms with Gasteiger partial charge < -0.3 is 14.4 Å². The average molecular weight is 325 g/mol. The van der Waals surface area contributed by atoms with Crippen molar-refractivity contribution >= 4 is 11.6 Å². The lowest BCUT2D eigenvalue weighted by Gasteiger charge is -2.50. The van der Waals surface area contributed by atoms with Crippen molar-refractivity contribution in [3.8, 4) is 0 Å². The van der Waals surface area contributed by atoms with Crippen molar-refractivity contribution in [3.63, 3.8) is 0 Å². The maximum atomic E-state index is 12.4. The summed E-state index contributed by atoms with van der Waals surface area (Å²) in [7, 11) is 0. The second-order valence-electron chi connectivity index (χ2n) is 8.08. The molecule has 24 heavy (non-hydrogen) atoms. The Hall–Kier alpha value is -1.88. The number of likely N-dealkylation sites (tertiary alicyclic amines) is 1. The number of nitrogens with zero attached hydrogens (tertiary/aromatic N) is 3. The number of rotatable bonds is 2. The molecule has 1 unspecified atom stereocenters. The van der Waals surface area contributed by atoms with Crippen LogP contribution in [0.4, 0.5) is 0 Å².